The second kappa shape index (κ2) is 10.8. The van der Waals surface area contributed by atoms with Crippen LogP contribution in [0.25, 0.3) is 0 Å². The molecular formula is C27H34ClFN4O4S. The quantitative estimate of drug-likeness (QED) is 0.541. The van der Waals surface area contributed by atoms with Gasteiger partial charge in [0.1, 0.15) is 11.6 Å². The van der Waals surface area contributed by atoms with Crippen LogP contribution in [-0.4, -0.2) is 61.0 Å². The molecule has 0 saturated carbocycles. The number of sulfone groups is 1. The Morgan fingerprint density at radius 1 is 1.13 bits per heavy atom. The first kappa shape index (κ1) is 28.3. The maximum atomic E-state index is 13.5. The van der Waals surface area contributed by atoms with E-state index in [9.17, 15) is 22.4 Å². The predicted octanol–water partition coefficient (Wildman–Crippen LogP) is 4.21. The van der Waals surface area contributed by atoms with Crippen molar-refractivity contribution < 1.29 is 22.4 Å². The van der Waals surface area contributed by atoms with Crippen molar-refractivity contribution in [2.75, 3.05) is 23.7 Å². The van der Waals surface area contributed by atoms with Gasteiger partial charge in [-0.15, -0.1) is 0 Å². The molecule has 2 amide bonds. The summed E-state index contributed by atoms with van der Waals surface area (Å²) in [6.07, 6.45) is 1.94. The third-order valence-corrected chi connectivity index (χ3v) is 9.32. The van der Waals surface area contributed by atoms with E-state index in [-0.39, 0.29) is 51.7 Å². The Bertz CT molecular complexity index is 1330. The second-order valence-corrected chi connectivity index (χ2v) is 13.6. The molecule has 0 radical (unpaired) electrons. The van der Waals surface area contributed by atoms with Crippen molar-refractivity contribution in [2.45, 2.75) is 70.5 Å². The molecule has 1 aromatic heterocycles. The number of carbonyl (C=O) groups excluding carboxylic acids is 2. The first-order valence-corrected chi connectivity index (χ1v) is 14.8. The number of anilines is 1. The van der Waals surface area contributed by atoms with Crippen LogP contribution in [0.15, 0.2) is 35.2 Å². The molecule has 2 aliphatic heterocycles. The third kappa shape index (κ3) is 6.29. The number of amides is 2. The molecule has 2 atom stereocenters. The van der Waals surface area contributed by atoms with Crippen LogP contribution in [0.4, 0.5) is 10.2 Å². The highest BCUT2D eigenvalue weighted by atomic mass is 35.5. The van der Waals surface area contributed by atoms with Crippen molar-refractivity contribution in [3.8, 4) is 0 Å². The summed E-state index contributed by atoms with van der Waals surface area (Å²) in [6.45, 7) is 8.30. The van der Waals surface area contributed by atoms with Gasteiger partial charge in [-0.2, -0.15) is 0 Å². The highest BCUT2D eigenvalue weighted by molar-refractivity contribution is 7.91. The summed E-state index contributed by atoms with van der Waals surface area (Å²) in [5.41, 5.74) is 0.280. The van der Waals surface area contributed by atoms with E-state index in [2.05, 4.69) is 10.2 Å². The molecule has 206 valence electrons. The predicted molar refractivity (Wildman–Crippen MR) is 144 cm³/mol. The molecule has 38 heavy (non-hydrogen) atoms. The van der Waals surface area contributed by atoms with Crippen molar-refractivity contribution in [3.05, 3.63) is 52.4 Å². The number of aromatic nitrogens is 1. The van der Waals surface area contributed by atoms with Gasteiger partial charge in [-0.1, -0.05) is 39.3 Å². The lowest BCUT2D eigenvalue weighted by molar-refractivity contribution is -0.120. The van der Waals surface area contributed by atoms with Gasteiger partial charge in [0.15, 0.2) is 9.84 Å². The van der Waals surface area contributed by atoms with Crippen molar-refractivity contribution >= 4 is 39.1 Å². The van der Waals surface area contributed by atoms with Gasteiger partial charge in [0.2, 0.25) is 5.91 Å². The molecule has 4 rings (SSSR count). The molecule has 1 aromatic carbocycles. The molecule has 2 aliphatic rings. The van der Waals surface area contributed by atoms with E-state index in [1.807, 2.05) is 20.8 Å². The zero-order valence-electron chi connectivity index (χ0n) is 22.1. The van der Waals surface area contributed by atoms with Crippen molar-refractivity contribution in [2.24, 2.45) is 5.41 Å². The maximum absolute atomic E-state index is 13.5. The molecular weight excluding hydrogens is 531 g/mol. The Labute approximate surface area is 228 Å². The SMILES string of the molecule is CCC(=O)NCc1cc(S(=O)(=O)CC(C)(C)C)cc(N2C3CCC2CN(C(=O)c2ccc(F)cc2Cl)C3)n1. The first-order valence-electron chi connectivity index (χ1n) is 12.8. The largest absolute Gasteiger partial charge is 0.350 e. The average Bonchev–Trinajstić information content (AvgIpc) is 3.09. The van der Waals surface area contributed by atoms with Gasteiger partial charge in [-0.3, -0.25) is 9.59 Å². The van der Waals surface area contributed by atoms with Crippen LogP contribution < -0.4 is 10.2 Å². The van der Waals surface area contributed by atoms with Crippen LogP contribution in [0, 0.1) is 11.2 Å². The fourth-order valence-corrected chi connectivity index (χ4v) is 7.35. The van der Waals surface area contributed by atoms with E-state index < -0.39 is 21.1 Å². The van der Waals surface area contributed by atoms with Gasteiger partial charge in [0, 0.05) is 31.6 Å². The molecule has 3 heterocycles. The Morgan fingerprint density at radius 2 is 1.79 bits per heavy atom. The molecule has 0 aliphatic carbocycles. The van der Waals surface area contributed by atoms with E-state index in [0.717, 1.165) is 18.9 Å². The summed E-state index contributed by atoms with van der Waals surface area (Å²) in [5.74, 6) is -0.417. The van der Waals surface area contributed by atoms with Crippen LogP contribution in [0.3, 0.4) is 0 Å². The number of benzene rings is 1. The molecule has 2 saturated heterocycles. The molecule has 2 unspecified atom stereocenters. The van der Waals surface area contributed by atoms with Crippen LogP contribution in [-0.2, 0) is 21.2 Å². The summed E-state index contributed by atoms with van der Waals surface area (Å²) in [6, 6.07) is 6.77. The van der Waals surface area contributed by atoms with E-state index in [1.165, 1.54) is 12.1 Å². The zero-order chi connectivity index (χ0) is 27.8. The number of nitrogens with one attached hydrogen (secondary N) is 1. The summed E-state index contributed by atoms with van der Waals surface area (Å²) in [5, 5.41) is 2.86. The highest BCUT2D eigenvalue weighted by Crippen LogP contribution is 2.36. The van der Waals surface area contributed by atoms with Crippen molar-refractivity contribution in [3.63, 3.8) is 0 Å². The fourth-order valence-electron chi connectivity index (χ4n) is 5.19. The lowest BCUT2D eigenvalue weighted by Crippen LogP contribution is -2.55. The maximum Gasteiger partial charge on any atom is 0.255 e. The standard InChI is InChI=1S/C27H34ClFN4O4S/c1-5-25(34)30-13-18-11-21(38(36,37)16-27(2,3)4)12-24(31-18)33-19-7-8-20(33)15-32(14-19)26(35)22-9-6-17(29)10-23(22)28/h6,9-12,19-20H,5,7-8,13-16H2,1-4H3,(H,30,34). The minimum atomic E-state index is -3.62. The number of halogens is 2. The lowest BCUT2D eigenvalue weighted by atomic mass is 10.0. The molecule has 1 N–H and O–H groups in total. The average molecular weight is 565 g/mol. The zero-order valence-corrected chi connectivity index (χ0v) is 23.7. The van der Waals surface area contributed by atoms with Gasteiger partial charge < -0.3 is 15.1 Å². The number of hydrogen-bond acceptors (Lipinski definition) is 6. The van der Waals surface area contributed by atoms with Crippen molar-refractivity contribution in [1.82, 2.24) is 15.2 Å². The van der Waals surface area contributed by atoms with Crippen LogP contribution in [0.5, 0.6) is 0 Å². The number of nitrogens with zero attached hydrogens (tertiary/aromatic N) is 3. The third-order valence-electron chi connectivity index (χ3n) is 6.80. The molecule has 2 aromatic rings. The molecule has 11 heteroatoms. The summed E-state index contributed by atoms with van der Waals surface area (Å²) in [7, 11) is -3.62. The molecule has 0 spiro atoms. The van der Waals surface area contributed by atoms with E-state index in [4.69, 9.17) is 16.6 Å². The first-order chi connectivity index (χ1) is 17.8. The Balaban J connectivity index is 1.64. The number of fused-ring (bicyclic) bond motifs is 2. The minimum absolute atomic E-state index is 0.0300. The monoisotopic (exact) mass is 564 g/mol. The van der Waals surface area contributed by atoms with E-state index in [0.29, 0.717) is 31.0 Å². The van der Waals surface area contributed by atoms with Crippen LogP contribution in [0.1, 0.15) is 63.0 Å². The summed E-state index contributed by atoms with van der Waals surface area (Å²) in [4.78, 5) is 33.8. The lowest BCUT2D eigenvalue weighted by Gasteiger charge is -2.42. The number of rotatable bonds is 7. The summed E-state index contributed by atoms with van der Waals surface area (Å²) >= 11 is 6.15. The summed E-state index contributed by atoms with van der Waals surface area (Å²) < 4.78 is 40.2. The normalized spacial score (nSPS) is 19.5. The van der Waals surface area contributed by atoms with Gasteiger partial charge in [-0.25, -0.2) is 17.8 Å². The van der Waals surface area contributed by atoms with Crippen molar-refractivity contribution in [1.29, 1.82) is 0 Å². The number of carbonyl (C=O) groups is 2. The second-order valence-electron chi connectivity index (χ2n) is 11.2. The number of hydrogen-bond donors (Lipinski definition) is 1. The van der Waals surface area contributed by atoms with Gasteiger partial charge in [-0.05, 0) is 48.6 Å². The Kier molecular flexibility index (Phi) is 8.04. The van der Waals surface area contributed by atoms with E-state index >= 15 is 0 Å². The molecule has 2 fully saturated rings. The highest BCUT2D eigenvalue weighted by Gasteiger charge is 2.43. The molecule has 2 bridgehead atoms. The number of pyridine rings is 1. The van der Waals surface area contributed by atoms with E-state index in [1.54, 1.807) is 24.0 Å². The fraction of sp³-hybridized carbons (Fsp3) is 0.519. The number of piperazine rings is 1. The Hall–Kier alpha value is -2.72. The van der Waals surface area contributed by atoms with Gasteiger partial charge >= 0.3 is 0 Å². The topological polar surface area (TPSA) is 99.7 Å². The smallest absolute Gasteiger partial charge is 0.255 e. The van der Waals surface area contributed by atoms with Crippen LogP contribution in [0.2, 0.25) is 5.02 Å². The van der Waals surface area contributed by atoms with Crippen LogP contribution >= 0.6 is 11.6 Å². The van der Waals surface area contributed by atoms with Gasteiger partial charge in [0.05, 0.1) is 33.5 Å². The number of likely N-dealkylation sites (tertiary alicyclic amines) is 1. The Morgan fingerprint density at radius 3 is 2.37 bits per heavy atom. The minimum Gasteiger partial charge on any atom is -0.350 e. The molecule has 8 nitrogen and oxygen atoms in total. The van der Waals surface area contributed by atoms with Gasteiger partial charge in [0.25, 0.3) is 5.91 Å².